The van der Waals surface area contributed by atoms with Crippen molar-refractivity contribution in [1.82, 2.24) is 15.1 Å². The minimum absolute atomic E-state index is 0.0267. The Labute approximate surface area is 208 Å². The summed E-state index contributed by atoms with van der Waals surface area (Å²) in [6.07, 6.45) is -2.47. The van der Waals surface area contributed by atoms with Gasteiger partial charge in [-0.25, -0.2) is 9.59 Å². The molecule has 0 saturated carbocycles. The monoisotopic (exact) mass is 511 g/mol. The Morgan fingerprint density at radius 1 is 1.11 bits per heavy atom. The molecule has 1 fully saturated rings. The first kappa shape index (κ1) is 26.2. The molecule has 2 amide bonds. The third-order valence-corrected chi connectivity index (χ3v) is 7.25. The number of carbonyl (C=O) groups is 3. The summed E-state index contributed by atoms with van der Waals surface area (Å²) >= 11 is 0. The van der Waals surface area contributed by atoms with Gasteiger partial charge in [-0.1, -0.05) is 37.5 Å². The molecule has 3 aliphatic rings. The lowest BCUT2D eigenvalue weighted by atomic mass is 9.98. The number of hydrogen-bond acceptors (Lipinski definition) is 6. The van der Waals surface area contributed by atoms with Gasteiger partial charge in [0.2, 0.25) is 5.91 Å². The molecule has 1 N–H and O–H groups in total. The molecule has 0 spiro atoms. The van der Waals surface area contributed by atoms with Crippen molar-refractivity contribution >= 4 is 18.0 Å². The normalized spacial score (nSPS) is 26.2. The summed E-state index contributed by atoms with van der Waals surface area (Å²) in [4.78, 5) is 40.9. The fourth-order valence-electron chi connectivity index (χ4n) is 5.30. The van der Waals surface area contributed by atoms with Crippen molar-refractivity contribution < 1.29 is 37.0 Å². The second-order valence-corrected chi connectivity index (χ2v) is 9.67. The number of carbonyl (C=O) groups excluding carboxylic acids is 3. The maximum absolute atomic E-state index is 13.6. The topological polar surface area (TPSA) is 88.2 Å². The van der Waals surface area contributed by atoms with E-state index in [-0.39, 0.29) is 19.4 Å². The van der Waals surface area contributed by atoms with E-state index in [2.05, 4.69) is 5.32 Å². The fraction of sp³-hybridized carbons (Fsp3) is 0.640. The number of rotatable bonds is 1. The van der Waals surface area contributed by atoms with Crippen LogP contribution in [0.4, 0.5) is 18.0 Å². The zero-order valence-electron chi connectivity index (χ0n) is 20.3. The third kappa shape index (κ3) is 5.93. The van der Waals surface area contributed by atoms with E-state index in [0.717, 1.165) is 40.9 Å². The van der Waals surface area contributed by atoms with Crippen molar-refractivity contribution in [2.45, 2.75) is 82.4 Å². The summed E-state index contributed by atoms with van der Waals surface area (Å²) in [6.45, 7) is 0.161. The molecule has 3 aliphatic heterocycles. The number of halogens is 3. The number of fused-ring (bicyclic) bond motifs is 3. The lowest BCUT2D eigenvalue weighted by molar-refractivity contribution is -0.160. The van der Waals surface area contributed by atoms with Gasteiger partial charge in [-0.3, -0.25) is 15.0 Å². The summed E-state index contributed by atoms with van der Waals surface area (Å²) in [5.74, 6) is -1.37. The van der Waals surface area contributed by atoms with Crippen LogP contribution in [0.1, 0.15) is 55.2 Å². The Balaban J connectivity index is 1.54. The highest BCUT2D eigenvalue weighted by Gasteiger charge is 2.44. The first-order chi connectivity index (χ1) is 17.2. The van der Waals surface area contributed by atoms with E-state index in [0.29, 0.717) is 25.9 Å². The van der Waals surface area contributed by atoms with E-state index < -0.39 is 48.9 Å². The Morgan fingerprint density at radius 2 is 1.86 bits per heavy atom. The van der Waals surface area contributed by atoms with Gasteiger partial charge in [-0.15, -0.1) is 0 Å². The van der Waals surface area contributed by atoms with Crippen LogP contribution in [0, 0.1) is 0 Å². The van der Waals surface area contributed by atoms with Crippen LogP contribution in [0.25, 0.3) is 0 Å². The summed E-state index contributed by atoms with van der Waals surface area (Å²) in [5.41, 5.74) is 3.27. The molecule has 198 valence electrons. The second kappa shape index (κ2) is 11.1. The molecule has 4 rings (SSSR count). The second-order valence-electron chi connectivity index (χ2n) is 9.67. The Bertz CT molecular complexity index is 986. The Hall–Kier alpha value is -2.82. The highest BCUT2D eigenvalue weighted by atomic mass is 19.4. The number of hydrogen-bond donors (Lipinski definition) is 1. The summed E-state index contributed by atoms with van der Waals surface area (Å²) < 4.78 is 51.2. The van der Waals surface area contributed by atoms with Crippen LogP contribution in [0.15, 0.2) is 18.2 Å². The number of aryl methyl sites for hydroxylation is 1. The van der Waals surface area contributed by atoms with Gasteiger partial charge in [-0.05, 0) is 36.0 Å². The van der Waals surface area contributed by atoms with Gasteiger partial charge in [0.05, 0.1) is 20.2 Å². The molecule has 3 heterocycles. The molecule has 3 atom stereocenters. The zero-order valence-corrected chi connectivity index (χ0v) is 20.3. The van der Waals surface area contributed by atoms with Crippen molar-refractivity contribution in [3.05, 3.63) is 34.9 Å². The summed E-state index contributed by atoms with van der Waals surface area (Å²) in [7, 11) is 1.17. The number of amides is 2. The van der Waals surface area contributed by atoms with Crippen molar-refractivity contribution in [3.63, 3.8) is 0 Å². The van der Waals surface area contributed by atoms with Crippen molar-refractivity contribution in [3.8, 4) is 0 Å². The molecule has 4 bridgehead atoms. The lowest BCUT2D eigenvalue weighted by Gasteiger charge is -2.25. The average Bonchev–Trinajstić information content (AvgIpc) is 3.46. The van der Waals surface area contributed by atoms with Gasteiger partial charge >= 0.3 is 18.2 Å². The molecule has 1 unspecified atom stereocenters. The van der Waals surface area contributed by atoms with Crippen LogP contribution in [-0.2, 0) is 38.6 Å². The predicted octanol–water partition coefficient (Wildman–Crippen LogP) is 3.31. The largest absolute Gasteiger partial charge is 0.467 e. The number of methoxy groups -OCH3 is 1. The summed E-state index contributed by atoms with van der Waals surface area (Å²) in [6, 6.07) is 3.11. The Kier molecular flexibility index (Phi) is 8.07. The molecular weight excluding hydrogens is 479 g/mol. The quantitative estimate of drug-likeness (QED) is 0.583. The van der Waals surface area contributed by atoms with Crippen LogP contribution < -0.4 is 5.32 Å². The van der Waals surface area contributed by atoms with Crippen LogP contribution in [0.3, 0.4) is 0 Å². The van der Waals surface area contributed by atoms with Crippen LogP contribution >= 0.6 is 0 Å². The maximum Gasteiger partial charge on any atom is 0.410 e. The van der Waals surface area contributed by atoms with E-state index in [4.69, 9.17) is 9.47 Å². The molecule has 1 aromatic carbocycles. The molecule has 8 nitrogen and oxygen atoms in total. The molecular formula is C25H32F3N3O5. The minimum atomic E-state index is -4.50. The molecule has 36 heavy (non-hydrogen) atoms. The van der Waals surface area contributed by atoms with Crippen molar-refractivity contribution in [1.29, 1.82) is 0 Å². The van der Waals surface area contributed by atoms with E-state index in [1.54, 1.807) is 4.90 Å². The lowest BCUT2D eigenvalue weighted by Crippen LogP contribution is -2.50. The van der Waals surface area contributed by atoms with Crippen LogP contribution in [0.2, 0.25) is 0 Å². The number of ether oxygens (including phenoxy) is 2. The number of nitrogens with zero attached hydrogens (tertiary/aromatic N) is 2. The molecule has 11 heteroatoms. The Morgan fingerprint density at radius 3 is 2.61 bits per heavy atom. The highest BCUT2D eigenvalue weighted by Crippen LogP contribution is 2.30. The van der Waals surface area contributed by atoms with E-state index in [1.165, 1.54) is 7.11 Å². The van der Waals surface area contributed by atoms with Gasteiger partial charge in [0.15, 0.2) is 0 Å². The molecule has 0 aromatic heterocycles. The van der Waals surface area contributed by atoms with E-state index >= 15 is 0 Å². The van der Waals surface area contributed by atoms with Crippen molar-refractivity contribution in [2.24, 2.45) is 0 Å². The van der Waals surface area contributed by atoms with E-state index in [9.17, 15) is 27.6 Å². The molecule has 0 radical (unpaired) electrons. The smallest absolute Gasteiger partial charge is 0.410 e. The van der Waals surface area contributed by atoms with Gasteiger partial charge in [-0.2, -0.15) is 13.2 Å². The number of nitrogens with one attached hydrogen (secondary N) is 1. The minimum Gasteiger partial charge on any atom is -0.467 e. The molecule has 1 aromatic rings. The van der Waals surface area contributed by atoms with Gasteiger partial charge in [0.25, 0.3) is 0 Å². The number of esters is 1. The van der Waals surface area contributed by atoms with Gasteiger partial charge in [0, 0.05) is 19.5 Å². The van der Waals surface area contributed by atoms with Crippen molar-refractivity contribution in [2.75, 3.05) is 20.2 Å². The number of benzene rings is 1. The molecule has 0 aliphatic carbocycles. The number of alkyl halides is 3. The van der Waals surface area contributed by atoms with Gasteiger partial charge < -0.3 is 14.4 Å². The van der Waals surface area contributed by atoms with E-state index in [1.807, 2.05) is 18.2 Å². The summed E-state index contributed by atoms with van der Waals surface area (Å²) in [5, 5.41) is 2.34. The fourth-order valence-corrected chi connectivity index (χ4v) is 5.30. The predicted molar refractivity (Wildman–Crippen MR) is 123 cm³/mol. The maximum atomic E-state index is 13.6. The first-order valence-corrected chi connectivity index (χ1v) is 12.4. The third-order valence-electron chi connectivity index (χ3n) is 7.25. The van der Waals surface area contributed by atoms with Crippen LogP contribution in [-0.4, -0.2) is 72.3 Å². The molecule has 1 saturated heterocycles. The average molecular weight is 512 g/mol. The van der Waals surface area contributed by atoms with Gasteiger partial charge in [0.1, 0.15) is 18.2 Å². The standard InChI is InChI=1S/C25H32F3N3O5/c1-35-23(33)20-11-18-14-31(20)22(32)12-29-21(25(26,27)28)10-5-3-2-4-7-16-8-6-9-17-13-30(15-19(16)17)24(34)36-18/h6,8-9,18,20-21,29H,2-5,7,10-15H2,1H3/t18-,20+,21?/m1/s1. The first-order valence-electron chi connectivity index (χ1n) is 12.4. The highest BCUT2D eigenvalue weighted by molar-refractivity contribution is 5.86. The van der Waals surface area contributed by atoms with Crippen LogP contribution in [0.5, 0.6) is 0 Å². The zero-order chi connectivity index (χ0) is 25.9. The SMILES string of the molecule is COC(=O)[C@@H]1C[C@@H]2CN1C(=O)CNC(C(F)(F)F)CCCCCCc1cccc3c1CN(C3)C(=O)O2.